The topological polar surface area (TPSA) is 102 Å². The van der Waals surface area contributed by atoms with Crippen molar-refractivity contribution in [3.05, 3.63) is 29.8 Å². The molecule has 0 radical (unpaired) electrons. The fraction of sp³-hybridized carbons (Fsp3) is 0.611. The minimum atomic E-state index is -3.40. The molecule has 0 atom stereocenters. The Morgan fingerprint density at radius 3 is 2.30 bits per heavy atom. The first-order chi connectivity index (χ1) is 12.5. The molecule has 0 spiro atoms. The van der Waals surface area contributed by atoms with E-state index < -0.39 is 15.4 Å². The number of hydrogen-bond donors (Lipinski definition) is 2. The Hall–Kier alpha value is -1.19. The van der Waals surface area contributed by atoms with Crippen LogP contribution in [0.1, 0.15) is 31.2 Å². The van der Waals surface area contributed by atoms with Crippen LogP contribution in [-0.4, -0.2) is 51.5 Å². The third-order valence-corrected chi connectivity index (χ3v) is 7.31. The zero-order valence-electron chi connectivity index (χ0n) is 15.4. The van der Waals surface area contributed by atoms with Gasteiger partial charge in [-0.3, -0.25) is 4.79 Å². The molecular formula is C18H28ClN3O4S. The lowest BCUT2D eigenvalue weighted by molar-refractivity contribution is -0.136. The first kappa shape index (κ1) is 22.1. The Morgan fingerprint density at radius 1 is 1.15 bits per heavy atom. The molecule has 9 heteroatoms. The Labute approximate surface area is 167 Å². The molecule has 0 aromatic heterocycles. The molecule has 152 valence electrons. The molecule has 1 amide bonds. The number of nitrogens with one attached hydrogen (secondary N) is 1. The summed E-state index contributed by atoms with van der Waals surface area (Å²) in [5.74, 6) is -0.0583. The van der Waals surface area contributed by atoms with Gasteiger partial charge in [0.25, 0.3) is 0 Å². The molecule has 2 saturated heterocycles. The second kappa shape index (κ2) is 9.34. The standard InChI is InChI=1S/C18H27N3O4S.ClH/c19-14-18(7-11-25-12-8-18)17(22)20-13-15-3-5-16(6-4-15)26(23,24)21-9-1-2-10-21;/h3-6H,1-2,7-14,19H2,(H,20,22);1H. The summed E-state index contributed by atoms with van der Waals surface area (Å²) in [5.41, 5.74) is 6.15. The normalized spacial score (nSPS) is 20.0. The summed E-state index contributed by atoms with van der Waals surface area (Å²) in [7, 11) is -3.40. The molecule has 2 aliphatic heterocycles. The second-order valence-electron chi connectivity index (χ2n) is 7.03. The lowest BCUT2D eigenvalue weighted by atomic mass is 9.79. The number of ether oxygens (including phenoxy) is 1. The summed E-state index contributed by atoms with van der Waals surface area (Å²) in [6.07, 6.45) is 3.08. The molecule has 1 aromatic carbocycles. The van der Waals surface area contributed by atoms with Crippen molar-refractivity contribution in [1.29, 1.82) is 0 Å². The van der Waals surface area contributed by atoms with Crippen LogP contribution in [-0.2, 0) is 26.1 Å². The third-order valence-electron chi connectivity index (χ3n) is 5.40. The van der Waals surface area contributed by atoms with Crippen LogP contribution in [0.25, 0.3) is 0 Å². The molecular weight excluding hydrogens is 390 g/mol. The van der Waals surface area contributed by atoms with Gasteiger partial charge in [0.15, 0.2) is 0 Å². The van der Waals surface area contributed by atoms with Crippen molar-refractivity contribution in [2.24, 2.45) is 11.1 Å². The Morgan fingerprint density at radius 2 is 1.74 bits per heavy atom. The quantitative estimate of drug-likeness (QED) is 0.725. The highest BCUT2D eigenvalue weighted by Gasteiger charge is 2.38. The molecule has 0 saturated carbocycles. The van der Waals surface area contributed by atoms with Crippen LogP contribution < -0.4 is 11.1 Å². The number of hydrogen-bond acceptors (Lipinski definition) is 5. The molecule has 3 N–H and O–H groups in total. The van der Waals surface area contributed by atoms with Crippen LogP contribution in [0.4, 0.5) is 0 Å². The van der Waals surface area contributed by atoms with E-state index in [4.69, 9.17) is 10.5 Å². The van der Waals surface area contributed by atoms with E-state index in [-0.39, 0.29) is 18.3 Å². The maximum atomic E-state index is 12.6. The van der Waals surface area contributed by atoms with Gasteiger partial charge < -0.3 is 15.8 Å². The monoisotopic (exact) mass is 417 g/mol. The highest BCUT2D eigenvalue weighted by molar-refractivity contribution is 7.89. The Kier molecular flexibility index (Phi) is 7.64. The number of nitrogens with zero attached hydrogens (tertiary/aromatic N) is 1. The zero-order valence-corrected chi connectivity index (χ0v) is 17.0. The highest BCUT2D eigenvalue weighted by Crippen LogP contribution is 2.29. The van der Waals surface area contributed by atoms with Gasteiger partial charge in [-0.05, 0) is 43.4 Å². The van der Waals surface area contributed by atoms with Gasteiger partial charge in [0.2, 0.25) is 15.9 Å². The number of halogens is 1. The average Bonchev–Trinajstić information content (AvgIpc) is 3.22. The molecule has 0 unspecified atom stereocenters. The lowest BCUT2D eigenvalue weighted by Gasteiger charge is -2.34. The molecule has 1 aromatic rings. The predicted molar refractivity (Wildman–Crippen MR) is 105 cm³/mol. The first-order valence-electron chi connectivity index (χ1n) is 9.13. The van der Waals surface area contributed by atoms with E-state index in [0.29, 0.717) is 57.1 Å². The van der Waals surface area contributed by atoms with Crippen molar-refractivity contribution in [3.8, 4) is 0 Å². The van der Waals surface area contributed by atoms with E-state index >= 15 is 0 Å². The van der Waals surface area contributed by atoms with E-state index in [0.717, 1.165) is 18.4 Å². The molecule has 0 bridgehead atoms. The maximum absolute atomic E-state index is 12.6. The zero-order chi connectivity index (χ0) is 18.6. The second-order valence-corrected chi connectivity index (χ2v) is 8.97. The Bertz CT molecular complexity index is 727. The lowest BCUT2D eigenvalue weighted by Crippen LogP contribution is -2.48. The number of carbonyl (C=O) groups excluding carboxylic acids is 1. The molecule has 2 aliphatic rings. The maximum Gasteiger partial charge on any atom is 0.243 e. The van der Waals surface area contributed by atoms with Gasteiger partial charge >= 0.3 is 0 Å². The summed E-state index contributed by atoms with van der Waals surface area (Å²) >= 11 is 0. The van der Waals surface area contributed by atoms with Gasteiger partial charge in [-0.15, -0.1) is 12.4 Å². The first-order valence-corrected chi connectivity index (χ1v) is 10.6. The van der Waals surface area contributed by atoms with Crippen molar-refractivity contribution in [2.75, 3.05) is 32.8 Å². The van der Waals surface area contributed by atoms with Crippen LogP contribution in [0.3, 0.4) is 0 Å². The fourth-order valence-corrected chi connectivity index (χ4v) is 5.03. The smallest absolute Gasteiger partial charge is 0.243 e. The van der Waals surface area contributed by atoms with E-state index in [9.17, 15) is 13.2 Å². The molecule has 27 heavy (non-hydrogen) atoms. The molecule has 7 nitrogen and oxygen atoms in total. The largest absolute Gasteiger partial charge is 0.381 e. The number of benzene rings is 1. The van der Waals surface area contributed by atoms with Gasteiger partial charge in [0.05, 0.1) is 10.3 Å². The van der Waals surface area contributed by atoms with Crippen molar-refractivity contribution >= 4 is 28.3 Å². The molecule has 2 heterocycles. The third kappa shape index (κ3) is 4.81. The van der Waals surface area contributed by atoms with E-state index in [1.54, 1.807) is 24.3 Å². The minimum absolute atomic E-state index is 0. The summed E-state index contributed by atoms with van der Waals surface area (Å²) in [6.45, 7) is 2.93. The van der Waals surface area contributed by atoms with Crippen LogP contribution >= 0.6 is 12.4 Å². The molecule has 0 aliphatic carbocycles. The van der Waals surface area contributed by atoms with Crippen LogP contribution in [0.2, 0.25) is 0 Å². The van der Waals surface area contributed by atoms with Gasteiger partial charge in [0.1, 0.15) is 0 Å². The van der Waals surface area contributed by atoms with E-state index in [1.165, 1.54) is 4.31 Å². The summed E-state index contributed by atoms with van der Waals surface area (Å²) in [5, 5.41) is 2.94. The van der Waals surface area contributed by atoms with Crippen molar-refractivity contribution in [2.45, 2.75) is 37.1 Å². The van der Waals surface area contributed by atoms with Gasteiger partial charge in [-0.25, -0.2) is 8.42 Å². The average molecular weight is 418 g/mol. The summed E-state index contributed by atoms with van der Waals surface area (Å²) < 4.78 is 31.9. The van der Waals surface area contributed by atoms with E-state index in [1.807, 2.05) is 0 Å². The van der Waals surface area contributed by atoms with Crippen LogP contribution in [0.5, 0.6) is 0 Å². The van der Waals surface area contributed by atoms with Crippen molar-refractivity contribution in [3.63, 3.8) is 0 Å². The van der Waals surface area contributed by atoms with Gasteiger partial charge in [-0.1, -0.05) is 12.1 Å². The molecule has 2 fully saturated rings. The van der Waals surface area contributed by atoms with Gasteiger partial charge in [0, 0.05) is 39.4 Å². The number of nitrogens with two attached hydrogens (primary N) is 1. The Balaban J connectivity index is 0.00000261. The van der Waals surface area contributed by atoms with Crippen molar-refractivity contribution in [1.82, 2.24) is 9.62 Å². The van der Waals surface area contributed by atoms with E-state index in [2.05, 4.69) is 5.32 Å². The summed E-state index contributed by atoms with van der Waals surface area (Å²) in [4.78, 5) is 12.9. The number of rotatable bonds is 6. The summed E-state index contributed by atoms with van der Waals surface area (Å²) in [6, 6.07) is 6.73. The number of sulfonamides is 1. The fourth-order valence-electron chi connectivity index (χ4n) is 3.51. The predicted octanol–water partition coefficient (Wildman–Crippen LogP) is 1.26. The number of carbonyl (C=O) groups is 1. The molecule has 3 rings (SSSR count). The SMILES string of the molecule is Cl.NCC1(C(=O)NCc2ccc(S(=O)(=O)N3CCCC3)cc2)CCOCC1. The number of amides is 1. The minimum Gasteiger partial charge on any atom is -0.381 e. The highest BCUT2D eigenvalue weighted by atomic mass is 35.5. The van der Waals surface area contributed by atoms with Crippen molar-refractivity contribution < 1.29 is 17.9 Å². The van der Waals surface area contributed by atoms with Gasteiger partial charge in [-0.2, -0.15) is 4.31 Å². The van der Waals surface area contributed by atoms with Crippen LogP contribution in [0.15, 0.2) is 29.2 Å². The van der Waals surface area contributed by atoms with Crippen LogP contribution in [0, 0.1) is 5.41 Å².